The summed E-state index contributed by atoms with van der Waals surface area (Å²) in [7, 11) is 2.70. The third kappa shape index (κ3) is 2.83. The molecule has 148 valence electrons. The molecule has 0 aromatic heterocycles. The maximum atomic E-state index is 13.3. The number of benzene rings is 2. The van der Waals surface area contributed by atoms with Gasteiger partial charge in [-0.15, -0.1) is 0 Å². The summed E-state index contributed by atoms with van der Waals surface area (Å²) in [5, 5.41) is 10.2. The van der Waals surface area contributed by atoms with Gasteiger partial charge in [-0.05, 0) is 24.6 Å². The van der Waals surface area contributed by atoms with E-state index in [0.29, 0.717) is 28.1 Å². The molecule has 2 aromatic carbocycles. The van der Waals surface area contributed by atoms with E-state index in [1.54, 1.807) is 31.2 Å². The number of ketones is 1. The number of phenolic OH excluding ortho intramolecular Hbond substituents is 1. The molecule has 4 rings (SSSR count). The summed E-state index contributed by atoms with van der Waals surface area (Å²) in [6, 6.07) is 10.3. The minimum absolute atomic E-state index is 0.0632. The predicted molar refractivity (Wildman–Crippen MR) is 109 cm³/mol. The summed E-state index contributed by atoms with van der Waals surface area (Å²) >= 11 is 6.21. The van der Waals surface area contributed by atoms with E-state index in [1.807, 2.05) is 12.1 Å². The van der Waals surface area contributed by atoms with Crippen molar-refractivity contribution in [1.29, 1.82) is 0 Å². The Morgan fingerprint density at radius 1 is 1.17 bits per heavy atom. The number of aromatic hydroxyl groups is 1. The molecule has 1 aliphatic heterocycles. The molecule has 2 atom stereocenters. The monoisotopic (exact) mass is 411 g/mol. The molecule has 0 bridgehead atoms. The normalized spacial score (nSPS) is 20.1. The van der Waals surface area contributed by atoms with Gasteiger partial charge in [-0.1, -0.05) is 35.9 Å². The van der Waals surface area contributed by atoms with Crippen molar-refractivity contribution in [2.45, 2.75) is 12.8 Å². The zero-order valence-electron chi connectivity index (χ0n) is 16.0. The lowest BCUT2D eigenvalue weighted by Crippen LogP contribution is -2.34. The highest BCUT2D eigenvalue weighted by Gasteiger charge is 2.46. The lowest BCUT2D eigenvalue weighted by molar-refractivity contribution is -0.143. The molecular formula is C22H18ClNO5. The Morgan fingerprint density at radius 3 is 2.52 bits per heavy atom. The zero-order valence-corrected chi connectivity index (χ0v) is 16.8. The summed E-state index contributed by atoms with van der Waals surface area (Å²) in [5.74, 6) is -2.22. The molecule has 29 heavy (non-hydrogen) atoms. The lowest BCUT2D eigenvalue weighted by atomic mass is 9.75. The maximum absolute atomic E-state index is 13.3. The quantitative estimate of drug-likeness (QED) is 0.771. The van der Waals surface area contributed by atoms with Crippen LogP contribution >= 0.6 is 11.6 Å². The van der Waals surface area contributed by atoms with Crippen LogP contribution in [0.25, 0.3) is 5.70 Å². The van der Waals surface area contributed by atoms with Crippen LogP contribution in [0.2, 0.25) is 5.02 Å². The highest BCUT2D eigenvalue weighted by Crippen LogP contribution is 2.50. The number of halogens is 1. The zero-order chi connectivity index (χ0) is 20.9. The predicted octanol–water partition coefficient (Wildman–Crippen LogP) is 4.01. The van der Waals surface area contributed by atoms with E-state index in [0.717, 1.165) is 5.56 Å². The Labute approximate surface area is 172 Å². The van der Waals surface area contributed by atoms with Gasteiger partial charge >= 0.3 is 5.97 Å². The molecule has 0 saturated carbocycles. The number of Topliss-reactive ketones (excluding diaryl/α,β-unsaturated/α-hetero) is 1. The molecule has 2 aliphatic rings. The van der Waals surface area contributed by atoms with Crippen LogP contribution in [0.15, 0.2) is 47.0 Å². The van der Waals surface area contributed by atoms with E-state index in [-0.39, 0.29) is 22.3 Å². The van der Waals surface area contributed by atoms with Crippen molar-refractivity contribution in [2.24, 2.45) is 10.9 Å². The molecule has 0 amide bonds. The number of nitrogens with zero attached hydrogens (tertiary/aromatic N) is 1. The van der Waals surface area contributed by atoms with Gasteiger partial charge in [-0.3, -0.25) is 14.6 Å². The number of carbonyl (C=O) groups is 2. The second kappa shape index (κ2) is 7.04. The van der Waals surface area contributed by atoms with Crippen molar-refractivity contribution in [3.63, 3.8) is 0 Å². The van der Waals surface area contributed by atoms with Crippen LogP contribution in [0.4, 0.5) is 0 Å². The molecule has 2 aromatic rings. The molecule has 6 nitrogen and oxygen atoms in total. The first-order valence-corrected chi connectivity index (χ1v) is 9.34. The number of hydrogen-bond acceptors (Lipinski definition) is 6. The van der Waals surface area contributed by atoms with Gasteiger partial charge in [0.2, 0.25) is 0 Å². The lowest BCUT2D eigenvalue weighted by Gasteiger charge is -2.30. The summed E-state index contributed by atoms with van der Waals surface area (Å²) in [4.78, 5) is 30.6. The van der Waals surface area contributed by atoms with Gasteiger partial charge in [0, 0.05) is 28.3 Å². The Balaban J connectivity index is 1.99. The maximum Gasteiger partial charge on any atom is 0.315 e. The molecule has 1 aliphatic carbocycles. The third-order valence-electron chi connectivity index (χ3n) is 5.39. The summed E-state index contributed by atoms with van der Waals surface area (Å²) in [6.07, 6.45) is 0. The second-order valence-corrected chi connectivity index (χ2v) is 7.33. The van der Waals surface area contributed by atoms with Crippen LogP contribution in [0.5, 0.6) is 11.5 Å². The van der Waals surface area contributed by atoms with E-state index in [2.05, 4.69) is 4.99 Å². The number of fused-ring (bicyclic) bond motifs is 2. The average molecular weight is 412 g/mol. The number of phenols is 1. The Kier molecular flexibility index (Phi) is 4.67. The third-order valence-corrected chi connectivity index (χ3v) is 5.68. The van der Waals surface area contributed by atoms with Crippen molar-refractivity contribution < 1.29 is 24.2 Å². The Morgan fingerprint density at radius 2 is 1.86 bits per heavy atom. The van der Waals surface area contributed by atoms with Gasteiger partial charge in [0.15, 0.2) is 17.3 Å². The smallest absolute Gasteiger partial charge is 0.315 e. The molecule has 7 heteroatoms. The first-order chi connectivity index (χ1) is 13.9. The number of esters is 1. The van der Waals surface area contributed by atoms with E-state index < -0.39 is 17.8 Å². The molecular weight excluding hydrogens is 394 g/mol. The number of allylic oxidation sites excluding steroid dienone is 1. The minimum atomic E-state index is -0.803. The largest absolute Gasteiger partial charge is 0.503 e. The number of ether oxygens (including phenoxy) is 2. The fourth-order valence-electron chi connectivity index (χ4n) is 4.07. The van der Waals surface area contributed by atoms with Crippen LogP contribution in [0.3, 0.4) is 0 Å². The molecule has 1 heterocycles. The van der Waals surface area contributed by atoms with Crippen LogP contribution in [-0.4, -0.2) is 36.8 Å². The fourth-order valence-corrected chi connectivity index (χ4v) is 4.29. The van der Waals surface area contributed by atoms with Crippen molar-refractivity contribution >= 4 is 34.8 Å². The van der Waals surface area contributed by atoms with E-state index in [4.69, 9.17) is 21.1 Å². The fraction of sp³-hybridized carbons (Fsp3) is 0.227. The average Bonchev–Trinajstić information content (AvgIpc) is 3.00. The summed E-state index contributed by atoms with van der Waals surface area (Å²) in [5.41, 5.74) is 3.34. The molecule has 1 N–H and O–H groups in total. The molecule has 0 fully saturated rings. The van der Waals surface area contributed by atoms with Gasteiger partial charge in [0.25, 0.3) is 0 Å². The van der Waals surface area contributed by atoms with Gasteiger partial charge in [-0.2, -0.15) is 0 Å². The first-order valence-electron chi connectivity index (χ1n) is 8.96. The van der Waals surface area contributed by atoms with Crippen molar-refractivity contribution in [3.8, 4) is 11.5 Å². The van der Waals surface area contributed by atoms with Gasteiger partial charge in [-0.25, -0.2) is 0 Å². The highest BCUT2D eigenvalue weighted by molar-refractivity contribution is 6.32. The highest BCUT2D eigenvalue weighted by atomic mass is 35.5. The number of carbonyl (C=O) groups excluding carboxylic acids is 2. The molecule has 0 saturated heterocycles. The van der Waals surface area contributed by atoms with Crippen molar-refractivity contribution in [2.75, 3.05) is 14.2 Å². The second-order valence-electron chi connectivity index (χ2n) is 6.92. The van der Waals surface area contributed by atoms with E-state index >= 15 is 0 Å². The van der Waals surface area contributed by atoms with Gasteiger partial charge in [0.05, 0.1) is 24.9 Å². The number of hydrogen-bond donors (Lipinski definition) is 1. The number of methoxy groups -OCH3 is 2. The summed E-state index contributed by atoms with van der Waals surface area (Å²) < 4.78 is 10.2. The van der Waals surface area contributed by atoms with Gasteiger partial charge in [0.1, 0.15) is 5.92 Å². The van der Waals surface area contributed by atoms with E-state index in [1.165, 1.54) is 14.2 Å². The molecule has 1 unspecified atom stereocenters. The SMILES string of the molecule is COC(=O)C1C(C)=NC2=C(C(=O)c3ccccc32)[C@@H]1c1cc(Cl)c(O)c(OC)c1. The molecule has 0 radical (unpaired) electrons. The Bertz CT molecular complexity index is 1120. The minimum Gasteiger partial charge on any atom is -0.503 e. The van der Waals surface area contributed by atoms with Crippen LogP contribution in [0.1, 0.15) is 34.3 Å². The van der Waals surface area contributed by atoms with Crippen molar-refractivity contribution in [3.05, 3.63) is 63.7 Å². The van der Waals surface area contributed by atoms with Gasteiger partial charge < -0.3 is 14.6 Å². The topological polar surface area (TPSA) is 85.2 Å². The van der Waals surface area contributed by atoms with Crippen LogP contribution < -0.4 is 4.74 Å². The standard InChI is InChI=1S/C22H18ClNO5/c1-10-16(22(27)29-3)17(11-8-14(23)21(26)15(9-11)28-2)18-19(24-10)12-6-4-5-7-13(12)20(18)25/h4-9,16-17,26H,1-3H3/t16?,17-/m1/s1. The number of aliphatic imine (C=N–C) groups is 1. The van der Waals surface area contributed by atoms with Crippen LogP contribution in [-0.2, 0) is 9.53 Å². The molecule has 0 spiro atoms. The number of rotatable bonds is 3. The van der Waals surface area contributed by atoms with Crippen LogP contribution in [0, 0.1) is 5.92 Å². The van der Waals surface area contributed by atoms with E-state index in [9.17, 15) is 14.7 Å². The summed E-state index contributed by atoms with van der Waals surface area (Å²) in [6.45, 7) is 1.74. The van der Waals surface area contributed by atoms with Crippen molar-refractivity contribution in [1.82, 2.24) is 0 Å². The Hall–Kier alpha value is -3.12. The first kappa shape index (κ1) is 19.2.